The summed E-state index contributed by atoms with van der Waals surface area (Å²) in [5, 5.41) is 6.45. The molecule has 0 fully saturated rings. The minimum absolute atomic E-state index is 0.0771. The number of aryl methyl sites for hydroxylation is 1. The van der Waals surface area contributed by atoms with Gasteiger partial charge >= 0.3 is 0 Å². The van der Waals surface area contributed by atoms with Crippen LogP contribution in [0.1, 0.15) is 22.3 Å². The minimum Gasteiger partial charge on any atom is -0.355 e. The summed E-state index contributed by atoms with van der Waals surface area (Å²) in [6.45, 7) is 0.504. The second-order valence-electron chi connectivity index (χ2n) is 7.95. The van der Waals surface area contributed by atoms with E-state index in [2.05, 4.69) is 27.8 Å². The maximum atomic E-state index is 13.2. The lowest BCUT2D eigenvalue weighted by atomic mass is 10.1. The molecular weight excluding hydrogens is 460 g/mol. The topological polar surface area (TPSA) is 93.1 Å². The first kappa shape index (κ1) is 24.2. The number of rotatable bonds is 9. The maximum absolute atomic E-state index is 13.2. The molecule has 1 aromatic heterocycles. The van der Waals surface area contributed by atoms with Crippen LogP contribution in [-0.4, -0.2) is 34.2 Å². The van der Waals surface area contributed by atoms with Crippen molar-refractivity contribution in [2.75, 3.05) is 18.1 Å². The third-order valence-corrected chi connectivity index (χ3v) is 6.46. The Bertz CT molecular complexity index is 1400. The lowest BCUT2D eigenvalue weighted by Gasteiger charge is -2.13. The summed E-state index contributed by atoms with van der Waals surface area (Å²) in [4.78, 5) is 42.4. The number of hydrogen-bond donors (Lipinski definition) is 2. The number of nitrogens with zero attached hydrogens (tertiary/aromatic N) is 2. The van der Waals surface area contributed by atoms with Crippen LogP contribution in [-0.2, 0) is 17.8 Å². The summed E-state index contributed by atoms with van der Waals surface area (Å²) in [6.07, 6.45) is 1.61. The number of carbonyl (C=O) groups is 2. The van der Waals surface area contributed by atoms with Gasteiger partial charge in [0.05, 0.1) is 16.7 Å². The first-order chi connectivity index (χ1) is 17.0. The molecule has 0 spiro atoms. The van der Waals surface area contributed by atoms with Crippen molar-refractivity contribution in [3.05, 3.63) is 100 Å². The number of benzene rings is 3. The van der Waals surface area contributed by atoms with Gasteiger partial charge in [0.2, 0.25) is 5.91 Å². The molecule has 7 nitrogen and oxygen atoms in total. The van der Waals surface area contributed by atoms with Crippen LogP contribution in [0, 0.1) is 0 Å². The Hall–Kier alpha value is -3.91. The van der Waals surface area contributed by atoms with E-state index in [0.29, 0.717) is 33.9 Å². The van der Waals surface area contributed by atoms with Crippen molar-refractivity contribution in [1.29, 1.82) is 0 Å². The Balaban J connectivity index is 1.49. The Morgan fingerprint density at radius 2 is 1.74 bits per heavy atom. The van der Waals surface area contributed by atoms with E-state index in [9.17, 15) is 14.4 Å². The van der Waals surface area contributed by atoms with Crippen LogP contribution >= 0.6 is 11.8 Å². The second-order valence-corrected chi connectivity index (χ2v) is 8.90. The second kappa shape index (κ2) is 11.5. The molecule has 4 aromatic rings. The van der Waals surface area contributed by atoms with Gasteiger partial charge in [0, 0.05) is 24.8 Å². The van der Waals surface area contributed by atoms with E-state index >= 15 is 0 Å². The molecule has 0 aliphatic heterocycles. The fourth-order valence-corrected chi connectivity index (χ4v) is 4.58. The average molecular weight is 487 g/mol. The number of para-hydroxylation sites is 1. The molecule has 0 aliphatic rings. The first-order valence-corrected chi connectivity index (χ1v) is 12.3. The smallest absolute Gasteiger partial charge is 0.262 e. The fraction of sp³-hybridized carbons (Fsp3) is 0.185. The van der Waals surface area contributed by atoms with E-state index in [1.807, 2.05) is 30.3 Å². The molecule has 0 atom stereocenters. The van der Waals surface area contributed by atoms with Crippen LogP contribution in [0.15, 0.2) is 88.8 Å². The molecule has 178 valence electrons. The van der Waals surface area contributed by atoms with Gasteiger partial charge in [0.15, 0.2) is 5.16 Å². The molecule has 4 rings (SSSR count). The molecule has 0 saturated carbocycles. The molecule has 0 saturated heterocycles. The molecule has 2 N–H and O–H groups in total. The number of fused-ring (bicyclic) bond motifs is 1. The Kier molecular flexibility index (Phi) is 7.95. The van der Waals surface area contributed by atoms with Crippen molar-refractivity contribution in [1.82, 2.24) is 14.9 Å². The molecular formula is C27H26N4O3S. The number of thioether (sulfide) groups is 1. The normalized spacial score (nSPS) is 10.8. The van der Waals surface area contributed by atoms with Crippen molar-refractivity contribution < 1.29 is 9.59 Å². The molecule has 0 bridgehead atoms. The SMILES string of the molecule is CNC(=O)c1cccc(NC(=O)CSc2nc3ccccc3c(=O)n2CCCc2ccccc2)c1. The summed E-state index contributed by atoms with van der Waals surface area (Å²) in [5.41, 5.74) is 2.70. The monoisotopic (exact) mass is 486 g/mol. The van der Waals surface area contributed by atoms with Crippen LogP contribution < -0.4 is 16.2 Å². The van der Waals surface area contributed by atoms with E-state index in [1.165, 1.54) is 17.3 Å². The molecule has 0 radical (unpaired) electrons. The van der Waals surface area contributed by atoms with Gasteiger partial charge in [-0.05, 0) is 48.7 Å². The number of amides is 2. The van der Waals surface area contributed by atoms with Crippen LogP contribution in [0.3, 0.4) is 0 Å². The van der Waals surface area contributed by atoms with E-state index in [-0.39, 0.29) is 23.1 Å². The minimum atomic E-state index is -0.248. The van der Waals surface area contributed by atoms with E-state index in [0.717, 1.165) is 12.8 Å². The predicted molar refractivity (Wildman–Crippen MR) is 140 cm³/mol. The van der Waals surface area contributed by atoms with Crippen LogP contribution in [0.4, 0.5) is 5.69 Å². The number of carbonyl (C=O) groups excluding carboxylic acids is 2. The summed E-state index contributed by atoms with van der Waals surface area (Å²) < 4.78 is 1.66. The quantitative estimate of drug-likeness (QED) is 0.274. The standard InChI is InChI=1S/C27H26N4O3S/c1-28-25(33)20-12-7-13-21(17-20)29-24(32)18-35-27-30-23-15-6-5-14-22(23)26(34)31(27)16-8-11-19-9-3-2-4-10-19/h2-7,9-10,12-15,17H,8,11,16,18H2,1H3,(H,28,33)(H,29,32). The number of aromatic nitrogens is 2. The molecule has 0 unspecified atom stereocenters. The third-order valence-electron chi connectivity index (χ3n) is 5.48. The molecule has 0 aliphatic carbocycles. The number of hydrogen-bond acceptors (Lipinski definition) is 5. The molecule has 2 amide bonds. The first-order valence-electron chi connectivity index (χ1n) is 11.3. The summed E-state index contributed by atoms with van der Waals surface area (Å²) in [5.74, 6) is -0.397. The van der Waals surface area contributed by atoms with Crippen LogP contribution in [0.25, 0.3) is 10.9 Å². The summed E-state index contributed by atoms with van der Waals surface area (Å²) in [6, 6.07) is 24.1. The summed E-state index contributed by atoms with van der Waals surface area (Å²) in [7, 11) is 1.56. The van der Waals surface area contributed by atoms with E-state index in [1.54, 1.807) is 48.0 Å². The van der Waals surface area contributed by atoms with E-state index < -0.39 is 0 Å². The molecule has 3 aromatic carbocycles. The highest BCUT2D eigenvalue weighted by Crippen LogP contribution is 2.19. The van der Waals surface area contributed by atoms with Gasteiger partial charge in [-0.25, -0.2) is 4.98 Å². The van der Waals surface area contributed by atoms with Crippen LogP contribution in [0.5, 0.6) is 0 Å². The Morgan fingerprint density at radius 3 is 2.54 bits per heavy atom. The average Bonchev–Trinajstić information content (AvgIpc) is 2.89. The van der Waals surface area contributed by atoms with Gasteiger partial charge < -0.3 is 10.6 Å². The van der Waals surface area contributed by atoms with Gasteiger partial charge in [0.1, 0.15) is 0 Å². The largest absolute Gasteiger partial charge is 0.355 e. The Morgan fingerprint density at radius 1 is 0.971 bits per heavy atom. The van der Waals surface area contributed by atoms with E-state index in [4.69, 9.17) is 0 Å². The summed E-state index contributed by atoms with van der Waals surface area (Å²) >= 11 is 1.23. The Labute approximate surface area is 207 Å². The fourth-order valence-electron chi connectivity index (χ4n) is 3.75. The highest BCUT2D eigenvalue weighted by molar-refractivity contribution is 7.99. The molecule has 1 heterocycles. The van der Waals surface area contributed by atoms with Crippen molar-refractivity contribution in [3.8, 4) is 0 Å². The van der Waals surface area contributed by atoms with Gasteiger partial charge in [-0.1, -0.05) is 60.3 Å². The number of nitrogens with one attached hydrogen (secondary N) is 2. The zero-order valence-electron chi connectivity index (χ0n) is 19.4. The lowest BCUT2D eigenvalue weighted by Crippen LogP contribution is -2.24. The van der Waals surface area contributed by atoms with Gasteiger partial charge in [-0.3, -0.25) is 19.0 Å². The number of anilines is 1. The maximum Gasteiger partial charge on any atom is 0.262 e. The van der Waals surface area contributed by atoms with Gasteiger partial charge in [-0.15, -0.1) is 0 Å². The zero-order valence-corrected chi connectivity index (χ0v) is 20.2. The third kappa shape index (κ3) is 6.16. The van der Waals surface area contributed by atoms with Crippen molar-refractivity contribution in [2.24, 2.45) is 0 Å². The predicted octanol–water partition coefficient (Wildman–Crippen LogP) is 4.12. The van der Waals surface area contributed by atoms with Crippen molar-refractivity contribution in [3.63, 3.8) is 0 Å². The molecule has 35 heavy (non-hydrogen) atoms. The highest BCUT2D eigenvalue weighted by atomic mass is 32.2. The highest BCUT2D eigenvalue weighted by Gasteiger charge is 2.14. The molecule has 8 heteroatoms. The zero-order chi connectivity index (χ0) is 24.6. The van der Waals surface area contributed by atoms with Gasteiger partial charge in [0.25, 0.3) is 11.5 Å². The lowest BCUT2D eigenvalue weighted by molar-refractivity contribution is -0.113. The van der Waals surface area contributed by atoms with Gasteiger partial charge in [-0.2, -0.15) is 0 Å². The van der Waals surface area contributed by atoms with Crippen molar-refractivity contribution >= 4 is 40.2 Å². The van der Waals surface area contributed by atoms with Crippen LogP contribution in [0.2, 0.25) is 0 Å². The van der Waals surface area contributed by atoms with Crippen molar-refractivity contribution in [2.45, 2.75) is 24.5 Å².